The van der Waals surface area contributed by atoms with Crippen molar-refractivity contribution < 1.29 is 0 Å². The molecule has 0 aliphatic heterocycles. The van der Waals surface area contributed by atoms with Gasteiger partial charge in [0.1, 0.15) is 0 Å². The Morgan fingerprint density at radius 1 is 0.615 bits per heavy atom. The SMILES string of the molecule is CCCCC/C=C/CCCCCCCCCc1cccc2ccccc12. The minimum absolute atomic E-state index is 1.23. The highest BCUT2D eigenvalue weighted by Crippen LogP contribution is 2.20. The summed E-state index contributed by atoms with van der Waals surface area (Å²) in [5, 5.41) is 2.82. The third-order valence-electron chi connectivity index (χ3n) is 5.34. The van der Waals surface area contributed by atoms with Gasteiger partial charge in [0, 0.05) is 0 Å². The minimum Gasteiger partial charge on any atom is -0.0885 e. The van der Waals surface area contributed by atoms with Crippen molar-refractivity contribution >= 4 is 10.8 Å². The molecule has 2 rings (SSSR count). The molecule has 0 amide bonds. The van der Waals surface area contributed by atoms with Crippen LogP contribution in [0.2, 0.25) is 0 Å². The van der Waals surface area contributed by atoms with Crippen LogP contribution in [0.25, 0.3) is 10.8 Å². The smallest absolute Gasteiger partial charge is 0.0152 e. The van der Waals surface area contributed by atoms with Crippen molar-refractivity contribution in [2.75, 3.05) is 0 Å². The molecule has 0 radical (unpaired) electrons. The van der Waals surface area contributed by atoms with Crippen LogP contribution in [-0.4, -0.2) is 0 Å². The molecule has 0 N–H and O–H groups in total. The largest absolute Gasteiger partial charge is 0.0885 e. The van der Waals surface area contributed by atoms with Crippen molar-refractivity contribution in [1.29, 1.82) is 0 Å². The van der Waals surface area contributed by atoms with Gasteiger partial charge in [-0.25, -0.2) is 0 Å². The van der Waals surface area contributed by atoms with Gasteiger partial charge < -0.3 is 0 Å². The zero-order chi connectivity index (χ0) is 18.3. The van der Waals surface area contributed by atoms with Crippen LogP contribution in [0.5, 0.6) is 0 Å². The molecule has 0 nitrogen and oxygen atoms in total. The van der Waals surface area contributed by atoms with E-state index in [1.54, 1.807) is 0 Å². The normalized spacial score (nSPS) is 11.6. The Hall–Kier alpha value is -1.56. The average molecular weight is 351 g/mol. The topological polar surface area (TPSA) is 0 Å². The van der Waals surface area contributed by atoms with Gasteiger partial charge in [-0.15, -0.1) is 0 Å². The van der Waals surface area contributed by atoms with Crippen LogP contribution in [0.3, 0.4) is 0 Å². The lowest BCUT2D eigenvalue weighted by molar-refractivity contribution is 0.581. The van der Waals surface area contributed by atoms with Gasteiger partial charge in [0.05, 0.1) is 0 Å². The Balaban J connectivity index is 1.46. The minimum atomic E-state index is 1.23. The molecule has 26 heavy (non-hydrogen) atoms. The molecule has 0 saturated carbocycles. The van der Waals surface area contributed by atoms with Gasteiger partial charge in [0.25, 0.3) is 0 Å². The van der Waals surface area contributed by atoms with Gasteiger partial charge >= 0.3 is 0 Å². The lowest BCUT2D eigenvalue weighted by atomic mass is 9.99. The molecule has 0 heterocycles. The molecule has 0 fully saturated rings. The number of unbranched alkanes of at least 4 members (excludes halogenated alkanes) is 10. The van der Waals surface area contributed by atoms with Gasteiger partial charge in [-0.3, -0.25) is 0 Å². The first-order chi connectivity index (χ1) is 12.9. The molecular formula is C26H38. The first-order valence-electron chi connectivity index (χ1n) is 11.0. The first-order valence-corrected chi connectivity index (χ1v) is 11.0. The second-order valence-corrected chi connectivity index (χ2v) is 7.62. The van der Waals surface area contributed by atoms with E-state index in [2.05, 4.69) is 61.5 Å². The molecule has 0 saturated heterocycles. The van der Waals surface area contributed by atoms with E-state index in [4.69, 9.17) is 0 Å². The fourth-order valence-corrected chi connectivity index (χ4v) is 3.72. The predicted molar refractivity (Wildman–Crippen MR) is 118 cm³/mol. The van der Waals surface area contributed by atoms with Gasteiger partial charge in [-0.2, -0.15) is 0 Å². The monoisotopic (exact) mass is 350 g/mol. The van der Waals surface area contributed by atoms with Gasteiger partial charge in [0.2, 0.25) is 0 Å². The van der Waals surface area contributed by atoms with Crippen molar-refractivity contribution in [2.24, 2.45) is 0 Å². The van der Waals surface area contributed by atoms with Crippen molar-refractivity contribution in [1.82, 2.24) is 0 Å². The van der Waals surface area contributed by atoms with Crippen LogP contribution in [0.1, 0.15) is 89.5 Å². The summed E-state index contributed by atoms with van der Waals surface area (Å²) in [5.74, 6) is 0. The maximum Gasteiger partial charge on any atom is -0.0152 e. The Morgan fingerprint density at radius 3 is 2.00 bits per heavy atom. The van der Waals surface area contributed by atoms with Crippen LogP contribution < -0.4 is 0 Å². The molecule has 142 valence electrons. The number of hydrogen-bond donors (Lipinski definition) is 0. The number of benzene rings is 2. The van der Waals surface area contributed by atoms with Crippen LogP contribution in [0.4, 0.5) is 0 Å². The van der Waals surface area contributed by atoms with Crippen molar-refractivity contribution in [3.63, 3.8) is 0 Å². The van der Waals surface area contributed by atoms with Crippen molar-refractivity contribution in [3.05, 3.63) is 60.2 Å². The maximum absolute atomic E-state index is 2.40. The maximum atomic E-state index is 2.40. The summed E-state index contributed by atoms with van der Waals surface area (Å²) in [7, 11) is 0. The Labute approximate surface area is 161 Å². The summed E-state index contributed by atoms with van der Waals surface area (Å²) >= 11 is 0. The summed E-state index contributed by atoms with van der Waals surface area (Å²) in [6, 6.07) is 15.5. The van der Waals surface area contributed by atoms with E-state index in [0.717, 1.165) is 0 Å². The van der Waals surface area contributed by atoms with E-state index >= 15 is 0 Å². The molecule has 0 aliphatic rings. The van der Waals surface area contributed by atoms with E-state index < -0.39 is 0 Å². The van der Waals surface area contributed by atoms with Crippen molar-refractivity contribution in [2.45, 2.75) is 90.4 Å². The van der Waals surface area contributed by atoms with E-state index in [-0.39, 0.29) is 0 Å². The number of fused-ring (bicyclic) bond motifs is 1. The molecule has 2 aromatic carbocycles. The number of rotatable bonds is 14. The number of allylic oxidation sites excluding steroid dienone is 2. The molecule has 2 aromatic rings. The molecule has 0 unspecified atom stereocenters. The van der Waals surface area contributed by atoms with Gasteiger partial charge in [-0.1, -0.05) is 106 Å². The lowest BCUT2D eigenvalue weighted by Crippen LogP contribution is -1.88. The van der Waals surface area contributed by atoms with E-state index in [1.807, 2.05) is 0 Å². The molecule has 0 aromatic heterocycles. The molecule has 0 aliphatic carbocycles. The summed E-state index contributed by atoms with van der Waals surface area (Å²) in [5.41, 5.74) is 1.52. The first kappa shape index (κ1) is 20.7. The highest BCUT2D eigenvalue weighted by Gasteiger charge is 2.00. The molecule has 0 heteroatoms. The van der Waals surface area contributed by atoms with Gasteiger partial charge in [0.15, 0.2) is 0 Å². The van der Waals surface area contributed by atoms with Crippen LogP contribution in [-0.2, 0) is 6.42 Å². The third kappa shape index (κ3) is 8.21. The second-order valence-electron chi connectivity index (χ2n) is 7.62. The van der Waals surface area contributed by atoms with E-state index in [9.17, 15) is 0 Å². The second kappa shape index (κ2) is 13.6. The highest BCUT2D eigenvalue weighted by molar-refractivity contribution is 5.85. The third-order valence-corrected chi connectivity index (χ3v) is 5.34. The average Bonchev–Trinajstić information content (AvgIpc) is 2.68. The summed E-state index contributed by atoms with van der Waals surface area (Å²) < 4.78 is 0. The number of aryl methyl sites for hydroxylation is 1. The van der Waals surface area contributed by atoms with Crippen LogP contribution in [0.15, 0.2) is 54.6 Å². The Bertz CT molecular complexity index is 617. The molecular weight excluding hydrogens is 312 g/mol. The van der Waals surface area contributed by atoms with E-state index in [0.29, 0.717) is 0 Å². The summed E-state index contributed by atoms with van der Waals surface area (Å²) in [6.07, 6.45) is 22.4. The highest BCUT2D eigenvalue weighted by atomic mass is 14.0. The van der Waals surface area contributed by atoms with Crippen LogP contribution in [0, 0.1) is 0 Å². The van der Waals surface area contributed by atoms with Gasteiger partial charge in [-0.05, 0) is 54.9 Å². The quantitative estimate of drug-likeness (QED) is 0.236. The fraction of sp³-hybridized carbons (Fsp3) is 0.538. The molecule has 0 atom stereocenters. The van der Waals surface area contributed by atoms with Crippen LogP contribution >= 0.6 is 0 Å². The predicted octanol–water partition coefficient (Wildman–Crippen LogP) is 8.64. The molecule has 0 spiro atoms. The fourth-order valence-electron chi connectivity index (χ4n) is 3.72. The Kier molecular flexibility index (Phi) is 10.9. The molecule has 0 bridgehead atoms. The van der Waals surface area contributed by atoms with Crippen molar-refractivity contribution in [3.8, 4) is 0 Å². The standard InChI is InChI=1S/C26H38/c1-2-3-4-5-6-7-8-9-10-11-12-13-14-15-19-24-21-18-22-25-20-16-17-23-26(24)25/h6-7,16-18,20-23H,2-5,8-15,19H2,1H3/b7-6+. The zero-order valence-electron chi connectivity index (χ0n) is 16.9. The zero-order valence-corrected chi connectivity index (χ0v) is 16.9. The summed E-state index contributed by atoms with van der Waals surface area (Å²) in [6.45, 7) is 2.27. The lowest BCUT2D eigenvalue weighted by Gasteiger charge is -2.06. The Morgan fingerprint density at radius 2 is 1.23 bits per heavy atom. The number of hydrogen-bond acceptors (Lipinski definition) is 0. The van der Waals surface area contributed by atoms with E-state index in [1.165, 1.54) is 99.8 Å². The summed E-state index contributed by atoms with van der Waals surface area (Å²) in [4.78, 5) is 0.